The van der Waals surface area contributed by atoms with E-state index in [2.05, 4.69) is 38.1 Å². The van der Waals surface area contributed by atoms with Gasteiger partial charge in [-0.05, 0) is 48.8 Å². The lowest BCUT2D eigenvalue weighted by atomic mass is 9.78. The van der Waals surface area contributed by atoms with Gasteiger partial charge in [0.25, 0.3) is 0 Å². The topological polar surface area (TPSA) is 9.23 Å². The summed E-state index contributed by atoms with van der Waals surface area (Å²) in [6, 6.07) is 8.74. The monoisotopic (exact) mass is 288 g/mol. The first-order valence-corrected chi connectivity index (χ1v) is 9.03. The molecule has 1 aliphatic carbocycles. The Morgan fingerprint density at radius 3 is 2.05 bits per heavy atom. The Bertz CT molecular complexity index is 373. The zero-order valence-corrected chi connectivity index (χ0v) is 13.9. The highest BCUT2D eigenvalue weighted by Gasteiger charge is 2.20. The van der Waals surface area contributed by atoms with E-state index in [1.807, 2.05) is 0 Å². The molecule has 118 valence electrons. The number of rotatable bonds is 8. The highest BCUT2D eigenvalue weighted by atomic mass is 16.5. The van der Waals surface area contributed by atoms with Gasteiger partial charge in [-0.2, -0.15) is 0 Å². The highest BCUT2D eigenvalue weighted by Crippen LogP contribution is 2.33. The Hall–Kier alpha value is -0.980. The Labute approximate surface area is 131 Å². The van der Waals surface area contributed by atoms with Crippen molar-refractivity contribution in [1.82, 2.24) is 0 Å². The molecule has 0 aromatic heterocycles. The highest BCUT2D eigenvalue weighted by molar-refractivity contribution is 5.27. The molecule has 0 saturated heterocycles. The average molecular weight is 288 g/mol. The minimum Gasteiger partial charge on any atom is -0.494 e. The van der Waals surface area contributed by atoms with E-state index in [0.717, 1.165) is 30.6 Å². The summed E-state index contributed by atoms with van der Waals surface area (Å²) in [5, 5.41) is 0. The molecule has 1 aliphatic rings. The van der Waals surface area contributed by atoms with Gasteiger partial charge in [-0.15, -0.1) is 0 Å². The van der Waals surface area contributed by atoms with Crippen LogP contribution in [0.5, 0.6) is 5.75 Å². The van der Waals surface area contributed by atoms with Crippen LogP contribution < -0.4 is 4.74 Å². The van der Waals surface area contributed by atoms with Crippen molar-refractivity contribution >= 4 is 0 Å². The predicted octanol–water partition coefficient (Wildman–Crippen LogP) is 6.01. The van der Waals surface area contributed by atoms with Crippen molar-refractivity contribution in [2.45, 2.75) is 71.6 Å². The van der Waals surface area contributed by atoms with E-state index in [1.165, 1.54) is 56.9 Å². The van der Waals surface area contributed by atoms with Crippen LogP contribution in [-0.2, 0) is 6.42 Å². The van der Waals surface area contributed by atoms with Gasteiger partial charge in [-0.3, -0.25) is 0 Å². The molecule has 0 bridgehead atoms. The van der Waals surface area contributed by atoms with Crippen molar-refractivity contribution in [3.63, 3.8) is 0 Å². The van der Waals surface area contributed by atoms with Gasteiger partial charge in [0.2, 0.25) is 0 Å². The molecule has 0 unspecified atom stereocenters. The summed E-state index contributed by atoms with van der Waals surface area (Å²) >= 11 is 0. The lowest BCUT2D eigenvalue weighted by molar-refractivity contribution is 0.252. The van der Waals surface area contributed by atoms with Crippen LogP contribution in [0.4, 0.5) is 0 Å². The summed E-state index contributed by atoms with van der Waals surface area (Å²) in [6.07, 6.45) is 12.4. The van der Waals surface area contributed by atoms with E-state index in [1.54, 1.807) is 0 Å². The smallest absolute Gasteiger partial charge is 0.119 e. The maximum absolute atomic E-state index is 5.64. The summed E-state index contributed by atoms with van der Waals surface area (Å²) in [5.41, 5.74) is 1.47. The number of hydrogen-bond donors (Lipinski definition) is 0. The van der Waals surface area contributed by atoms with Gasteiger partial charge in [-0.25, -0.2) is 0 Å². The third-order valence-corrected chi connectivity index (χ3v) is 4.90. The lowest BCUT2D eigenvalue weighted by Crippen LogP contribution is -2.15. The zero-order chi connectivity index (χ0) is 14.9. The van der Waals surface area contributed by atoms with Gasteiger partial charge >= 0.3 is 0 Å². The van der Waals surface area contributed by atoms with Gasteiger partial charge < -0.3 is 4.74 Å². The van der Waals surface area contributed by atoms with E-state index in [-0.39, 0.29) is 0 Å². The van der Waals surface area contributed by atoms with Crippen molar-refractivity contribution in [1.29, 1.82) is 0 Å². The van der Waals surface area contributed by atoms with Crippen molar-refractivity contribution in [3.05, 3.63) is 29.8 Å². The van der Waals surface area contributed by atoms with Crippen LogP contribution in [0.25, 0.3) is 0 Å². The van der Waals surface area contributed by atoms with E-state index in [4.69, 9.17) is 4.74 Å². The molecule has 0 N–H and O–H groups in total. The van der Waals surface area contributed by atoms with E-state index in [9.17, 15) is 0 Å². The van der Waals surface area contributed by atoms with Crippen LogP contribution in [0, 0.1) is 11.8 Å². The third kappa shape index (κ3) is 5.73. The fourth-order valence-electron chi connectivity index (χ4n) is 3.56. The van der Waals surface area contributed by atoms with Crippen LogP contribution in [0.15, 0.2) is 24.3 Å². The van der Waals surface area contributed by atoms with Gasteiger partial charge in [0.05, 0.1) is 6.61 Å². The number of benzene rings is 1. The van der Waals surface area contributed by atoms with E-state index >= 15 is 0 Å². The molecule has 0 heterocycles. The van der Waals surface area contributed by atoms with Gasteiger partial charge in [0.15, 0.2) is 0 Å². The standard InChI is InChI=1S/C20H32O/c1-3-5-17-6-8-18(9-7-17)10-11-19-12-14-20(15-13-19)21-16-4-2/h12-15,17-18H,3-11,16H2,1-2H3. The molecule has 0 aliphatic heterocycles. The Morgan fingerprint density at radius 2 is 1.48 bits per heavy atom. The molecule has 1 aromatic carbocycles. The molecule has 2 rings (SSSR count). The molecule has 1 saturated carbocycles. The molecule has 1 aromatic rings. The molecule has 1 heteroatoms. The van der Waals surface area contributed by atoms with Crippen molar-refractivity contribution < 1.29 is 4.74 Å². The molecule has 21 heavy (non-hydrogen) atoms. The normalized spacial score (nSPS) is 22.2. The molecule has 1 fully saturated rings. The maximum atomic E-state index is 5.64. The quantitative estimate of drug-likeness (QED) is 0.569. The van der Waals surface area contributed by atoms with Crippen LogP contribution in [0.2, 0.25) is 0 Å². The van der Waals surface area contributed by atoms with Crippen LogP contribution >= 0.6 is 0 Å². The Morgan fingerprint density at radius 1 is 0.857 bits per heavy atom. The summed E-state index contributed by atoms with van der Waals surface area (Å²) in [7, 11) is 0. The van der Waals surface area contributed by atoms with Gasteiger partial charge in [-0.1, -0.05) is 64.5 Å². The predicted molar refractivity (Wildman–Crippen MR) is 90.9 cm³/mol. The van der Waals surface area contributed by atoms with E-state index in [0.29, 0.717) is 0 Å². The van der Waals surface area contributed by atoms with Crippen LogP contribution in [0.3, 0.4) is 0 Å². The largest absolute Gasteiger partial charge is 0.494 e. The lowest BCUT2D eigenvalue weighted by Gasteiger charge is -2.28. The molecule has 1 nitrogen and oxygen atoms in total. The second-order valence-electron chi connectivity index (χ2n) is 6.71. The molecular formula is C20H32O. The minimum absolute atomic E-state index is 0.820. The molecule has 0 radical (unpaired) electrons. The van der Waals surface area contributed by atoms with Gasteiger partial charge in [0.1, 0.15) is 5.75 Å². The first-order valence-electron chi connectivity index (χ1n) is 9.03. The SMILES string of the molecule is CCCOc1ccc(CCC2CCC(CCC)CC2)cc1. The fourth-order valence-corrected chi connectivity index (χ4v) is 3.56. The summed E-state index contributed by atoms with van der Waals surface area (Å²) in [4.78, 5) is 0. The summed E-state index contributed by atoms with van der Waals surface area (Å²) < 4.78 is 5.64. The number of ether oxygens (including phenoxy) is 1. The van der Waals surface area contributed by atoms with Crippen molar-refractivity contribution in [2.75, 3.05) is 6.61 Å². The van der Waals surface area contributed by atoms with Crippen molar-refractivity contribution in [2.24, 2.45) is 11.8 Å². The first-order chi connectivity index (χ1) is 10.3. The second kappa shape index (κ2) is 9.12. The number of aryl methyl sites for hydroxylation is 1. The van der Waals surface area contributed by atoms with Crippen LogP contribution in [-0.4, -0.2) is 6.61 Å². The number of hydrogen-bond acceptors (Lipinski definition) is 1. The Balaban J connectivity index is 1.69. The third-order valence-electron chi connectivity index (χ3n) is 4.90. The molecule has 0 atom stereocenters. The van der Waals surface area contributed by atoms with Gasteiger partial charge in [0, 0.05) is 0 Å². The minimum atomic E-state index is 0.820. The first kappa shape index (κ1) is 16.4. The zero-order valence-electron chi connectivity index (χ0n) is 13.9. The fraction of sp³-hybridized carbons (Fsp3) is 0.700. The van der Waals surface area contributed by atoms with Crippen molar-refractivity contribution in [3.8, 4) is 5.75 Å². The molecular weight excluding hydrogens is 256 g/mol. The second-order valence-corrected chi connectivity index (χ2v) is 6.71. The van der Waals surface area contributed by atoms with Crippen LogP contribution in [0.1, 0.15) is 70.8 Å². The van der Waals surface area contributed by atoms with E-state index < -0.39 is 0 Å². The molecule has 0 spiro atoms. The summed E-state index contributed by atoms with van der Waals surface area (Å²) in [5.74, 6) is 3.01. The average Bonchev–Trinajstić information content (AvgIpc) is 2.53. The summed E-state index contributed by atoms with van der Waals surface area (Å²) in [6.45, 7) is 5.28. The maximum Gasteiger partial charge on any atom is 0.119 e. The molecule has 0 amide bonds. The Kier molecular flexibility index (Phi) is 7.12.